The van der Waals surface area contributed by atoms with Crippen molar-refractivity contribution < 1.29 is 22.4 Å². The lowest BCUT2D eigenvalue weighted by molar-refractivity contribution is -0.137. The van der Waals surface area contributed by atoms with Crippen LogP contribution in [0.5, 0.6) is 0 Å². The first-order chi connectivity index (χ1) is 16.9. The molecule has 2 aromatic carbocycles. The van der Waals surface area contributed by atoms with Crippen molar-refractivity contribution in [2.45, 2.75) is 37.9 Å². The highest BCUT2D eigenvalue weighted by atomic mass is 19.4. The molecule has 1 aliphatic rings. The second-order valence-corrected chi connectivity index (χ2v) is 9.00. The number of carbonyl (C=O) groups excluding carboxylic acids is 1. The number of benzene rings is 2. The lowest BCUT2D eigenvalue weighted by Crippen LogP contribution is -2.56. The first-order valence-electron chi connectivity index (χ1n) is 11.8. The van der Waals surface area contributed by atoms with Gasteiger partial charge in [0.1, 0.15) is 5.58 Å². The second kappa shape index (κ2) is 9.75. The Labute approximate surface area is 200 Å². The van der Waals surface area contributed by atoms with Gasteiger partial charge in [-0.25, -0.2) is 5.01 Å². The summed E-state index contributed by atoms with van der Waals surface area (Å²) in [5, 5.41) is 6.92. The Bertz CT molecular complexity index is 1290. The van der Waals surface area contributed by atoms with Gasteiger partial charge in [-0.05, 0) is 55.2 Å². The maximum absolute atomic E-state index is 13.1. The summed E-state index contributed by atoms with van der Waals surface area (Å²) in [6.45, 7) is 2.13. The zero-order valence-electron chi connectivity index (χ0n) is 19.1. The molecule has 6 nitrogen and oxygen atoms in total. The van der Waals surface area contributed by atoms with Gasteiger partial charge in [-0.15, -0.1) is 0 Å². The molecule has 35 heavy (non-hydrogen) atoms. The standard InChI is InChI=1S/C26H27F3N4O2/c27-26(28,29)19-9-10-22-21(14-19)18(15-31-22)6-1-3-7-20-16-33(12-11-30-20)32-25(34)24-13-17-5-2-4-8-23(17)35-24/h2,4-5,8-10,13-15,20,30-31H,1,3,6-7,11-12,16H2,(H,32,34). The first kappa shape index (κ1) is 23.4. The van der Waals surface area contributed by atoms with Crippen molar-refractivity contribution >= 4 is 27.8 Å². The summed E-state index contributed by atoms with van der Waals surface area (Å²) >= 11 is 0. The molecule has 3 N–H and O–H groups in total. The summed E-state index contributed by atoms with van der Waals surface area (Å²) in [5.41, 5.74) is 4.62. The number of hydrogen-bond donors (Lipinski definition) is 3. The van der Waals surface area contributed by atoms with E-state index >= 15 is 0 Å². The van der Waals surface area contributed by atoms with Gasteiger partial charge in [-0.3, -0.25) is 10.2 Å². The summed E-state index contributed by atoms with van der Waals surface area (Å²) in [6.07, 6.45) is 0.870. The zero-order chi connectivity index (χ0) is 24.4. The van der Waals surface area contributed by atoms with E-state index in [2.05, 4.69) is 15.7 Å². The number of carbonyl (C=O) groups is 1. The third kappa shape index (κ3) is 5.36. The summed E-state index contributed by atoms with van der Waals surface area (Å²) in [6, 6.07) is 13.3. The van der Waals surface area contributed by atoms with Gasteiger partial charge in [0.2, 0.25) is 0 Å². The van der Waals surface area contributed by atoms with E-state index in [9.17, 15) is 18.0 Å². The van der Waals surface area contributed by atoms with Crippen molar-refractivity contribution in [1.82, 2.24) is 20.7 Å². The highest BCUT2D eigenvalue weighted by molar-refractivity contribution is 5.95. The highest BCUT2D eigenvalue weighted by Crippen LogP contribution is 2.32. The molecule has 5 rings (SSSR count). The van der Waals surface area contributed by atoms with Crippen molar-refractivity contribution in [3.05, 3.63) is 71.6 Å². The van der Waals surface area contributed by atoms with Crippen LogP contribution in [0.1, 0.15) is 40.9 Å². The molecule has 0 radical (unpaired) electrons. The third-order valence-corrected chi connectivity index (χ3v) is 6.51. The quantitative estimate of drug-likeness (QED) is 0.313. The molecule has 2 aromatic heterocycles. The number of nitrogens with zero attached hydrogens (tertiary/aromatic N) is 1. The largest absolute Gasteiger partial charge is 0.451 e. The number of aromatic amines is 1. The van der Waals surface area contributed by atoms with Crippen LogP contribution in [0, 0.1) is 0 Å². The Morgan fingerprint density at radius 1 is 1.14 bits per heavy atom. The minimum Gasteiger partial charge on any atom is -0.451 e. The number of hydrazine groups is 1. The van der Waals surface area contributed by atoms with Crippen LogP contribution in [0.2, 0.25) is 0 Å². The van der Waals surface area contributed by atoms with Crippen LogP contribution in [0.3, 0.4) is 0 Å². The third-order valence-electron chi connectivity index (χ3n) is 6.51. The summed E-state index contributed by atoms with van der Waals surface area (Å²) in [5.74, 6) is 0.0214. The molecule has 1 atom stereocenters. The molecule has 0 bridgehead atoms. The van der Waals surface area contributed by atoms with Gasteiger partial charge in [-0.1, -0.05) is 24.6 Å². The van der Waals surface area contributed by atoms with Crippen molar-refractivity contribution in [1.29, 1.82) is 0 Å². The average molecular weight is 485 g/mol. The minimum absolute atomic E-state index is 0.222. The minimum atomic E-state index is -4.35. The summed E-state index contributed by atoms with van der Waals surface area (Å²) < 4.78 is 44.9. The van der Waals surface area contributed by atoms with Crippen LogP contribution in [-0.2, 0) is 12.6 Å². The number of hydrogen-bond acceptors (Lipinski definition) is 4. The van der Waals surface area contributed by atoms with Crippen LogP contribution in [0.25, 0.3) is 21.9 Å². The number of fused-ring (bicyclic) bond motifs is 2. The number of rotatable bonds is 7. The van der Waals surface area contributed by atoms with Gasteiger partial charge in [-0.2, -0.15) is 13.2 Å². The number of nitrogens with one attached hydrogen (secondary N) is 3. The molecular weight excluding hydrogens is 457 g/mol. The summed E-state index contributed by atoms with van der Waals surface area (Å²) in [4.78, 5) is 15.7. The molecule has 0 aliphatic carbocycles. The van der Waals surface area contributed by atoms with Gasteiger partial charge in [0.25, 0.3) is 0 Å². The fraction of sp³-hybridized carbons (Fsp3) is 0.346. The number of piperazine rings is 1. The molecule has 1 fully saturated rings. The van der Waals surface area contributed by atoms with Crippen LogP contribution in [0.4, 0.5) is 13.2 Å². The number of furan rings is 1. The van der Waals surface area contributed by atoms with Crippen molar-refractivity contribution in [2.75, 3.05) is 19.6 Å². The van der Waals surface area contributed by atoms with Crippen molar-refractivity contribution in [3.8, 4) is 0 Å². The summed E-state index contributed by atoms with van der Waals surface area (Å²) in [7, 11) is 0. The van der Waals surface area contributed by atoms with E-state index in [0.29, 0.717) is 30.5 Å². The van der Waals surface area contributed by atoms with Gasteiger partial charge >= 0.3 is 12.1 Å². The molecule has 0 saturated carbocycles. The average Bonchev–Trinajstić information content (AvgIpc) is 3.45. The first-order valence-corrected chi connectivity index (χ1v) is 11.8. The van der Waals surface area contributed by atoms with E-state index < -0.39 is 11.7 Å². The maximum Gasteiger partial charge on any atom is 0.416 e. The fourth-order valence-electron chi connectivity index (χ4n) is 4.68. The van der Waals surface area contributed by atoms with Crippen molar-refractivity contribution in [3.63, 3.8) is 0 Å². The van der Waals surface area contributed by atoms with Crippen LogP contribution >= 0.6 is 0 Å². The molecule has 1 aliphatic heterocycles. The SMILES string of the molecule is O=C(NN1CCNC(CCCCc2c[nH]c3ccc(C(F)(F)F)cc23)C1)c1cc2ccccc2o1. The Morgan fingerprint density at radius 3 is 2.83 bits per heavy atom. The van der Waals surface area contributed by atoms with Crippen LogP contribution in [0.15, 0.2) is 59.1 Å². The molecule has 1 amide bonds. The number of amides is 1. The Morgan fingerprint density at radius 2 is 2.00 bits per heavy atom. The lowest BCUT2D eigenvalue weighted by Gasteiger charge is -2.33. The molecule has 9 heteroatoms. The maximum atomic E-state index is 13.1. The van der Waals surface area contributed by atoms with E-state index in [-0.39, 0.29) is 17.7 Å². The van der Waals surface area contributed by atoms with Gasteiger partial charge in [0, 0.05) is 48.2 Å². The number of para-hydroxylation sites is 1. The van der Waals surface area contributed by atoms with E-state index in [1.165, 1.54) is 12.1 Å². The predicted molar refractivity (Wildman–Crippen MR) is 128 cm³/mol. The normalized spacial score (nSPS) is 17.3. The van der Waals surface area contributed by atoms with Crippen molar-refractivity contribution in [2.24, 2.45) is 0 Å². The Kier molecular flexibility index (Phi) is 6.53. The zero-order valence-corrected chi connectivity index (χ0v) is 19.1. The Balaban J connectivity index is 1.11. The van der Waals surface area contributed by atoms with Crippen LogP contribution in [-0.4, -0.2) is 41.6 Å². The smallest absolute Gasteiger partial charge is 0.416 e. The molecular formula is C26H27F3N4O2. The van der Waals surface area contributed by atoms with Gasteiger partial charge in [0.15, 0.2) is 5.76 Å². The van der Waals surface area contributed by atoms with Gasteiger partial charge in [0.05, 0.1) is 5.56 Å². The topological polar surface area (TPSA) is 73.3 Å². The van der Waals surface area contributed by atoms with Gasteiger partial charge < -0.3 is 14.7 Å². The molecule has 1 unspecified atom stereocenters. The molecule has 0 spiro atoms. The molecule has 1 saturated heterocycles. The highest BCUT2D eigenvalue weighted by Gasteiger charge is 2.30. The van der Waals surface area contributed by atoms with E-state index in [1.54, 1.807) is 12.3 Å². The Hall–Kier alpha value is -3.30. The predicted octanol–water partition coefficient (Wildman–Crippen LogP) is 5.26. The number of aromatic nitrogens is 1. The molecule has 3 heterocycles. The lowest BCUT2D eigenvalue weighted by atomic mass is 10.0. The number of H-pyrrole nitrogens is 1. The van der Waals surface area contributed by atoms with E-state index in [4.69, 9.17) is 4.42 Å². The van der Waals surface area contributed by atoms with E-state index in [1.807, 2.05) is 29.3 Å². The molecule has 4 aromatic rings. The number of halogens is 3. The number of unbranched alkanes of at least 4 members (excludes halogenated alkanes) is 1. The van der Waals surface area contributed by atoms with E-state index in [0.717, 1.165) is 48.3 Å². The monoisotopic (exact) mass is 484 g/mol. The van der Waals surface area contributed by atoms with Crippen LogP contribution < -0.4 is 10.7 Å². The molecule has 184 valence electrons. The number of alkyl halides is 3. The number of aryl methyl sites for hydroxylation is 1. The fourth-order valence-corrected chi connectivity index (χ4v) is 4.68. The second-order valence-electron chi connectivity index (χ2n) is 9.00.